The summed E-state index contributed by atoms with van der Waals surface area (Å²) < 4.78 is 5.69. The van der Waals surface area contributed by atoms with Crippen LogP contribution in [0.5, 0.6) is 5.75 Å². The highest BCUT2D eigenvalue weighted by atomic mass is 32.1. The highest BCUT2D eigenvalue weighted by molar-refractivity contribution is 7.16. The normalized spacial score (nSPS) is 18.8. The lowest BCUT2D eigenvalue weighted by molar-refractivity contribution is 0.0736. The number of carbonyl (C=O) groups is 2. The Morgan fingerprint density at radius 3 is 2.58 bits per heavy atom. The topological polar surface area (TPSA) is 67.4 Å². The van der Waals surface area contributed by atoms with Gasteiger partial charge in [0.05, 0.1) is 11.1 Å². The predicted molar refractivity (Wildman–Crippen MR) is 153 cm³/mol. The zero-order chi connectivity index (χ0) is 26.4. The Hall–Kier alpha value is -3.64. The van der Waals surface area contributed by atoms with Crippen LogP contribution in [0.4, 0.5) is 5.00 Å². The van der Waals surface area contributed by atoms with Crippen LogP contribution in [0.3, 0.4) is 0 Å². The van der Waals surface area contributed by atoms with Crippen molar-refractivity contribution in [2.24, 2.45) is 11.3 Å². The van der Waals surface area contributed by atoms with Gasteiger partial charge in [-0.25, -0.2) is 4.79 Å². The van der Waals surface area contributed by atoms with Gasteiger partial charge in [-0.05, 0) is 70.7 Å². The molecule has 2 aliphatic rings. The number of hydrogen-bond donors (Lipinski definition) is 2. The summed E-state index contributed by atoms with van der Waals surface area (Å²) in [4.78, 5) is 27.5. The Labute approximate surface area is 227 Å². The van der Waals surface area contributed by atoms with E-state index in [1.54, 1.807) is 29.5 Å². The molecule has 6 rings (SSSR count). The maximum atomic E-state index is 13.2. The van der Waals surface area contributed by atoms with Crippen LogP contribution in [0.2, 0.25) is 0 Å². The van der Waals surface area contributed by atoms with Gasteiger partial charge in [-0.15, -0.1) is 11.3 Å². The highest BCUT2D eigenvalue weighted by Gasteiger charge is 2.37. The first-order valence-electron chi connectivity index (χ1n) is 13.4. The number of hydrogen-bond acceptors (Lipinski definition) is 5. The third-order valence-corrected chi connectivity index (χ3v) is 9.68. The molecular formula is C32H32N2O3S. The molecule has 0 saturated carbocycles. The van der Waals surface area contributed by atoms with Gasteiger partial charge in [0.25, 0.3) is 5.91 Å². The van der Waals surface area contributed by atoms with Crippen LogP contribution in [-0.4, -0.2) is 11.9 Å². The molecule has 1 aromatic heterocycles. The molecule has 38 heavy (non-hydrogen) atoms. The summed E-state index contributed by atoms with van der Waals surface area (Å²) in [6.45, 7) is 6.99. The van der Waals surface area contributed by atoms with Crippen molar-refractivity contribution in [3.63, 3.8) is 0 Å². The lowest BCUT2D eigenvalue weighted by atomic mass is 9.69. The molecular weight excluding hydrogens is 492 g/mol. The number of benzene rings is 3. The summed E-state index contributed by atoms with van der Waals surface area (Å²) in [5.41, 5.74) is 3.80. The predicted octanol–water partition coefficient (Wildman–Crippen LogP) is 7.52. The molecule has 0 spiro atoms. The van der Waals surface area contributed by atoms with Crippen LogP contribution in [0, 0.1) is 11.3 Å². The smallest absolute Gasteiger partial charge is 0.344 e. The fourth-order valence-corrected chi connectivity index (χ4v) is 7.07. The van der Waals surface area contributed by atoms with Crippen LogP contribution in [0.1, 0.15) is 76.5 Å². The fraction of sp³-hybridized carbons (Fsp3) is 0.312. The second kappa shape index (κ2) is 9.59. The van der Waals surface area contributed by atoms with E-state index in [0.29, 0.717) is 22.6 Å². The number of thiophene rings is 1. The van der Waals surface area contributed by atoms with E-state index in [0.717, 1.165) is 52.6 Å². The van der Waals surface area contributed by atoms with Crippen molar-refractivity contribution in [3.8, 4) is 5.75 Å². The molecule has 2 atom stereocenters. The lowest BCUT2D eigenvalue weighted by Gasteiger charge is -2.36. The van der Waals surface area contributed by atoms with E-state index in [-0.39, 0.29) is 12.1 Å². The molecule has 0 saturated heterocycles. The molecule has 2 N–H and O–H groups in total. The van der Waals surface area contributed by atoms with Crippen LogP contribution >= 0.6 is 11.3 Å². The molecule has 1 aliphatic carbocycles. The Bertz CT molecular complexity index is 1530. The van der Waals surface area contributed by atoms with Crippen molar-refractivity contribution < 1.29 is 14.3 Å². The molecule has 0 fully saturated rings. The first-order chi connectivity index (χ1) is 18.3. The third-order valence-electron chi connectivity index (χ3n) is 8.49. The van der Waals surface area contributed by atoms with Crippen molar-refractivity contribution in [2.75, 3.05) is 5.32 Å². The van der Waals surface area contributed by atoms with Gasteiger partial charge in [0.15, 0.2) is 0 Å². The SMILES string of the molecule is CCC(C)(C)[C@@H]1CCc2c(sc3c2C(=O)N[C@H](c2ccc(OC(=O)c4cccc5ccccc45)cc2)N3)C1. The van der Waals surface area contributed by atoms with Crippen LogP contribution in [0.25, 0.3) is 10.8 Å². The largest absolute Gasteiger partial charge is 0.423 e. The van der Waals surface area contributed by atoms with Crippen LogP contribution in [0.15, 0.2) is 66.7 Å². The lowest BCUT2D eigenvalue weighted by Crippen LogP contribution is -2.38. The summed E-state index contributed by atoms with van der Waals surface area (Å²) in [5, 5.41) is 9.51. The first-order valence-corrected chi connectivity index (χ1v) is 14.2. The molecule has 6 heteroatoms. The summed E-state index contributed by atoms with van der Waals surface area (Å²) in [5.74, 6) is 0.701. The monoisotopic (exact) mass is 524 g/mol. The molecule has 0 bridgehead atoms. The van der Waals surface area contributed by atoms with E-state index < -0.39 is 5.97 Å². The number of nitrogens with one attached hydrogen (secondary N) is 2. The van der Waals surface area contributed by atoms with Gasteiger partial charge in [-0.1, -0.05) is 75.7 Å². The minimum atomic E-state index is -0.392. The number of fused-ring (bicyclic) bond motifs is 4. The molecule has 5 nitrogen and oxygen atoms in total. The minimum absolute atomic E-state index is 0.0130. The van der Waals surface area contributed by atoms with Crippen molar-refractivity contribution in [1.82, 2.24) is 5.32 Å². The Morgan fingerprint density at radius 2 is 1.79 bits per heavy atom. The van der Waals surface area contributed by atoms with Crippen molar-refractivity contribution >= 4 is 39.0 Å². The number of esters is 1. The second-order valence-electron chi connectivity index (χ2n) is 11.0. The first kappa shape index (κ1) is 24.7. The molecule has 194 valence electrons. The van der Waals surface area contributed by atoms with E-state index in [1.165, 1.54) is 10.4 Å². The minimum Gasteiger partial charge on any atom is -0.423 e. The molecule has 4 aromatic rings. The average Bonchev–Trinajstić information content (AvgIpc) is 3.31. The van der Waals surface area contributed by atoms with Crippen molar-refractivity contribution in [1.29, 1.82) is 0 Å². The van der Waals surface area contributed by atoms with E-state index >= 15 is 0 Å². The number of rotatable bonds is 5. The summed E-state index contributed by atoms with van der Waals surface area (Å²) in [6.07, 6.45) is 3.97. The van der Waals surface area contributed by atoms with Crippen molar-refractivity contribution in [3.05, 3.63) is 93.9 Å². The van der Waals surface area contributed by atoms with Gasteiger partial charge < -0.3 is 15.4 Å². The molecule has 2 heterocycles. The van der Waals surface area contributed by atoms with Gasteiger partial charge >= 0.3 is 5.97 Å². The Balaban J connectivity index is 1.18. The number of amides is 1. The molecule has 0 radical (unpaired) electrons. The summed E-state index contributed by atoms with van der Waals surface area (Å²) >= 11 is 1.74. The molecule has 1 amide bonds. The zero-order valence-electron chi connectivity index (χ0n) is 22.0. The molecule has 0 unspecified atom stereocenters. The number of ether oxygens (including phenoxy) is 1. The average molecular weight is 525 g/mol. The Morgan fingerprint density at radius 1 is 1.03 bits per heavy atom. The van der Waals surface area contributed by atoms with Gasteiger partial charge in [0.2, 0.25) is 0 Å². The van der Waals surface area contributed by atoms with Gasteiger partial charge in [0, 0.05) is 4.88 Å². The number of carbonyl (C=O) groups excluding carboxylic acids is 2. The maximum Gasteiger partial charge on any atom is 0.344 e. The number of anilines is 1. The standard InChI is InChI=1S/C32H32N2O3S/c1-4-32(2,3)21-14-17-25-26(18-21)38-30-27(25)29(35)33-28(34-30)20-12-15-22(16-13-20)37-31(36)24-11-7-9-19-8-5-6-10-23(19)24/h5-13,15-16,21,28,34H,4,14,17-18H2,1-3H3,(H,33,35)/t21-,28+/m1/s1. The van der Waals surface area contributed by atoms with Gasteiger partial charge in [-0.2, -0.15) is 0 Å². The van der Waals surface area contributed by atoms with Crippen LogP contribution in [-0.2, 0) is 12.8 Å². The van der Waals surface area contributed by atoms with Gasteiger partial charge in [-0.3, -0.25) is 4.79 Å². The zero-order valence-corrected chi connectivity index (χ0v) is 22.8. The van der Waals surface area contributed by atoms with E-state index in [1.807, 2.05) is 48.5 Å². The molecule has 3 aromatic carbocycles. The van der Waals surface area contributed by atoms with E-state index in [2.05, 4.69) is 31.4 Å². The Kier molecular flexibility index (Phi) is 6.23. The van der Waals surface area contributed by atoms with Crippen molar-refractivity contribution in [2.45, 2.75) is 52.6 Å². The maximum absolute atomic E-state index is 13.2. The fourth-order valence-electron chi connectivity index (χ4n) is 5.71. The second-order valence-corrected chi connectivity index (χ2v) is 12.1. The summed E-state index contributed by atoms with van der Waals surface area (Å²) in [6, 6.07) is 20.7. The van der Waals surface area contributed by atoms with E-state index in [4.69, 9.17) is 4.74 Å². The van der Waals surface area contributed by atoms with Gasteiger partial charge in [0.1, 0.15) is 16.9 Å². The summed E-state index contributed by atoms with van der Waals surface area (Å²) in [7, 11) is 0. The van der Waals surface area contributed by atoms with Crippen LogP contribution < -0.4 is 15.4 Å². The highest BCUT2D eigenvalue weighted by Crippen LogP contribution is 2.47. The molecule has 1 aliphatic heterocycles. The third kappa shape index (κ3) is 4.37. The quantitative estimate of drug-likeness (QED) is 0.209. The van der Waals surface area contributed by atoms with E-state index in [9.17, 15) is 9.59 Å².